The Morgan fingerprint density at radius 3 is 2.29 bits per heavy atom. The summed E-state index contributed by atoms with van der Waals surface area (Å²) < 4.78 is 0. The molecule has 0 aliphatic rings. The Kier molecular flexibility index (Phi) is 4.53. The van der Waals surface area contributed by atoms with Crippen LogP contribution in [0.3, 0.4) is 0 Å². The Morgan fingerprint density at radius 1 is 1.00 bits per heavy atom. The van der Waals surface area contributed by atoms with Gasteiger partial charge in [0.2, 0.25) is 0 Å². The predicted molar refractivity (Wildman–Crippen MR) is 96.7 cm³/mol. The van der Waals surface area contributed by atoms with Gasteiger partial charge in [-0.05, 0) is 19.1 Å². The topological polar surface area (TPSA) is 59.1 Å². The highest BCUT2D eigenvalue weighted by Gasteiger charge is 2.18. The molecule has 1 heterocycles. The molecule has 3 aromatic rings. The van der Waals surface area contributed by atoms with Crippen molar-refractivity contribution in [3.63, 3.8) is 0 Å². The maximum atomic E-state index is 12.3. The summed E-state index contributed by atoms with van der Waals surface area (Å²) in [5, 5.41) is 3.20. The molecule has 0 fully saturated rings. The largest absolute Gasteiger partial charge is 0.298 e. The molecular formula is C19H16N2O2S. The van der Waals surface area contributed by atoms with E-state index in [1.54, 1.807) is 12.1 Å². The molecule has 24 heavy (non-hydrogen) atoms. The van der Waals surface area contributed by atoms with E-state index >= 15 is 0 Å². The third-order valence-electron chi connectivity index (χ3n) is 3.53. The van der Waals surface area contributed by atoms with E-state index in [2.05, 4.69) is 10.3 Å². The van der Waals surface area contributed by atoms with Crippen molar-refractivity contribution in [2.45, 2.75) is 13.8 Å². The number of Topliss-reactive ketones (excluding diaryl/α,β-unsaturated/α-hetero) is 1. The number of amides is 1. The highest BCUT2D eigenvalue weighted by molar-refractivity contribution is 7.18. The van der Waals surface area contributed by atoms with Crippen LogP contribution in [-0.2, 0) is 0 Å². The molecule has 0 spiro atoms. The van der Waals surface area contributed by atoms with Crippen LogP contribution in [0.1, 0.15) is 32.5 Å². The van der Waals surface area contributed by atoms with E-state index in [0.29, 0.717) is 21.3 Å². The first kappa shape index (κ1) is 16.1. The van der Waals surface area contributed by atoms with E-state index in [1.807, 2.05) is 49.4 Å². The van der Waals surface area contributed by atoms with Gasteiger partial charge in [0.15, 0.2) is 10.9 Å². The molecule has 0 aliphatic carbocycles. The number of rotatable bonds is 4. The summed E-state index contributed by atoms with van der Waals surface area (Å²) >= 11 is 1.20. The zero-order valence-electron chi connectivity index (χ0n) is 13.4. The van der Waals surface area contributed by atoms with Crippen LogP contribution in [-0.4, -0.2) is 16.7 Å². The van der Waals surface area contributed by atoms with Gasteiger partial charge in [-0.1, -0.05) is 59.4 Å². The summed E-state index contributed by atoms with van der Waals surface area (Å²) in [6.07, 6.45) is 0. The Morgan fingerprint density at radius 2 is 1.67 bits per heavy atom. The average Bonchev–Trinajstić information content (AvgIpc) is 3.00. The molecule has 0 atom stereocenters. The standard InChI is InChI=1S/C19H16N2O2S/c1-12-8-10-15(11-9-12)18(23)21-19-20-16(17(24-19)13(2)22)14-6-4-3-5-7-14/h3-11H,1-2H3,(H,20,21,23). The summed E-state index contributed by atoms with van der Waals surface area (Å²) in [5.74, 6) is -0.305. The van der Waals surface area contributed by atoms with Crippen molar-refractivity contribution in [3.05, 3.63) is 70.6 Å². The van der Waals surface area contributed by atoms with Gasteiger partial charge in [0.1, 0.15) is 0 Å². The monoisotopic (exact) mass is 336 g/mol. The quantitative estimate of drug-likeness (QED) is 0.710. The van der Waals surface area contributed by atoms with Crippen LogP contribution in [0.25, 0.3) is 11.3 Å². The molecule has 1 amide bonds. The van der Waals surface area contributed by atoms with Crippen molar-refractivity contribution >= 4 is 28.2 Å². The number of nitrogens with one attached hydrogen (secondary N) is 1. The fourth-order valence-corrected chi connectivity index (χ4v) is 3.16. The smallest absolute Gasteiger partial charge is 0.257 e. The minimum atomic E-state index is -0.238. The number of benzene rings is 2. The Hall–Kier alpha value is -2.79. The number of aryl methyl sites for hydroxylation is 1. The van der Waals surface area contributed by atoms with Crippen molar-refractivity contribution < 1.29 is 9.59 Å². The molecule has 0 unspecified atom stereocenters. The van der Waals surface area contributed by atoms with Crippen LogP contribution in [0.5, 0.6) is 0 Å². The van der Waals surface area contributed by atoms with Crippen LogP contribution < -0.4 is 5.32 Å². The fraction of sp³-hybridized carbons (Fsp3) is 0.105. The van der Waals surface area contributed by atoms with Gasteiger partial charge in [-0.25, -0.2) is 4.98 Å². The number of nitrogens with zero attached hydrogens (tertiary/aromatic N) is 1. The molecule has 0 radical (unpaired) electrons. The maximum Gasteiger partial charge on any atom is 0.257 e. The number of aromatic nitrogens is 1. The van der Waals surface area contributed by atoms with Gasteiger partial charge in [-0.15, -0.1) is 0 Å². The SMILES string of the molecule is CC(=O)c1sc(NC(=O)c2ccc(C)cc2)nc1-c1ccccc1. The normalized spacial score (nSPS) is 10.4. The third kappa shape index (κ3) is 3.41. The average molecular weight is 336 g/mol. The first-order valence-corrected chi connectivity index (χ1v) is 8.31. The number of carbonyl (C=O) groups excluding carboxylic acids is 2. The second-order valence-corrected chi connectivity index (χ2v) is 6.44. The van der Waals surface area contributed by atoms with Gasteiger partial charge in [-0.2, -0.15) is 0 Å². The molecule has 3 rings (SSSR count). The zero-order valence-corrected chi connectivity index (χ0v) is 14.2. The van der Waals surface area contributed by atoms with Crippen LogP contribution in [0.2, 0.25) is 0 Å². The third-order valence-corrected chi connectivity index (χ3v) is 4.60. The van der Waals surface area contributed by atoms with Gasteiger partial charge in [0.05, 0.1) is 10.6 Å². The number of thiazole rings is 1. The highest BCUT2D eigenvalue weighted by Crippen LogP contribution is 2.31. The lowest BCUT2D eigenvalue weighted by atomic mass is 10.1. The maximum absolute atomic E-state index is 12.3. The Labute approximate surface area is 144 Å². The molecule has 0 saturated carbocycles. The summed E-state index contributed by atoms with van der Waals surface area (Å²) in [5.41, 5.74) is 3.11. The van der Waals surface area contributed by atoms with E-state index in [1.165, 1.54) is 18.3 Å². The fourth-order valence-electron chi connectivity index (χ4n) is 2.28. The van der Waals surface area contributed by atoms with Crippen LogP contribution in [0.15, 0.2) is 54.6 Å². The van der Waals surface area contributed by atoms with Gasteiger partial charge in [0.25, 0.3) is 5.91 Å². The molecule has 120 valence electrons. The lowest BCUT2D eigenvalue weighted by Crippen LogP contribution is -2.11. The number of carbonyl (C=O) groups is 2. The van der Waals surface area contributed by atoms with E-state index in [0.717, 1.165) is 11.1 Å². The lowest BCUT2D eigenvalue weighted by molar-refractivity contribution is 0.101. The Bertz CT molecular complexity index is 883. The van der Waals surface area contributed by atoms with Crippen LogP contribution in [0.4, 0.5) is 5.13 Å². The number of anilines is 1. The molecule has 0 saturated heterocycles. The minimum Gasteiger partial charge on any atom is -0.298 e. The molecule has 0 aliphatic heterocycles. The van der Waals surface area contributed by atoms with Crippen LogP contribution in [0, 0.1) is 6.92 Å². The van der Waals surface area contributed by atoms with E-state index < -0.39 is 0 Å². The van der Waals surface area contributed by atoms with Gasteiger partial charge in [0, 0.05) is 18.1 Å². The first-order valence-electron chi connectivity index (χ1n) is 7.50. The molecule has 5 heteroatoms. The summed E-state index contributed by atoms with van der Waals surface area (Å²) in [4.78, 5) is 29.2. The van der Waals surface area contributed by atoms with E-state index in [4.69, 9.17) is 0 Å². The number of hydrogen-bond donors (Lipinski definition) is 1. The van der Waals surface area contributed by atoms with Crippen LogP contribution >= 0.6 is 11.3 Å². The molecule has 1 aromatic heterocycles. The lowest BCUT2D eigenvalue weighted by Gasteiger charge is -2.02. The van der Waals surface area contributed by atoms with Gasteiger partial charge < -0.3 is 0 Å². The number of ketones is 1. The predicted octanol–water partition coefficient (Wildman–Crippen LogP) is 4.57. The van der Waals surface area contributed by atoms with Crippen molar-refractivity contribution in [2.75, 3.05) is 5.32 Å². The molecule has 1 N–H and O–H groups in total. The molecule has 2 aromatic carbocycles. The summed E-state index contributed by atoms with van der Waals surface area (Å²) in [6, 6.07) is 16.8. The summed E-state index contributed by atoms with van der Waals surface area (Å²) in [6.45, 7) is 3.47. The minimum absolute atomic E-state index is 0.0674. The van der Waals surface area contributed by atoms with Crippen molar-refractivity contribution in [1.29, 1.82) is 0 Å². The molecule has 0 bridgehead atoms. The zero-order chi connectivity index (χ0) is 17.1. The number of hydrogen-bond acceptors (Lipinski definition) is 4. The Balaban J connectivity index is 1.90. The van der Waals surface area contributed by atoms with E-state index in [-0.39, 0.29) is 11.7 Å². The van der Waals surface area contributed by atoms with E-state index in [9.17, 15) is 9.59 Å². The summed E-state index contributed by atoms with van der Waals surface area (Å²) in [7, 11) is 0. The van der Waals surface area contributed by atoms with Crippen molar-refractivity contribution in [3.8, 4) is 11.3 Å². The second-order valence-electron chi connectivity index (χ2n) is 5.44. The highest BCUT2D eigenvalue weighted by atomic mass is 32.1. The second kappa shape index (κ2) is 6.76. The van der Waals surface area contributed by atoms with Crippen molar-refractivity contribution in [1.82, 2.24) is 4.98 Å². The molecule has 4 nitrogen and oxygen atoms in total. The molecular weight excluding hydrogens is 320 g/mol. The van der Waals surface area contributed by atoms with Crippen molar-refractivity contribution in [2.24, 2.45) is 0 Å². The van der Waals surface area contributed by atoms with Gasteiger partial charge >= 0.3 is 0 Å². The van der Waals surface area contributed by atoms with Gasteiger partial charge in [-0.3, -0.25) is 14.9 Å². The first-order chi connectivity index (χ1) is 11.5.